The van der Waals surface area contributed by atoms with Crippen molar-refractivity contribution in [3.63, 3.8) is 0 Å². The molecule has 1 aromatic heterocycles. The number of nitrogens with zero attached hydrogens (tertiary/aromatic N) is 4. The van der Waals surface area contributed by atoms with Gasteiger partial charge in [-0.25, -0.2) is 4.98 Å². The lowest BCUT2D eigenvalue weighted by Crippen LogP contribution is -2.25. The summed E-state index contributed by atoms with van der Waals surface area (Å²) in [6.45, 7) is 0. The summed E-state index contributed by atoms with van der Waals surface area (Å²) in [7, 11) is 0. The molecule has 0 N–H and O–H groups in total. The summed E-state index contributed by atoms with van der Waals surface area (Å²) in [5, 5.41) is 14.0. The van der Waals surface area contributed by atoms with E-state index in [1.807, 2.05) is 24.3 Å². The molecule has 0 atom stereocenters. The smallest absolute Gasteiger partial charge is 0.267 e. The van der Waals surface area contributed by atoms with E-state index in [1.54, 1.807) is 24.4 Å². The number of hydrogen-bond donors (Lipinski definition) is 0. The zero-order valence-electron chi connectivity index (χ0n) is 15.3. The molecule has 1 heterocycles. The highest BCUT2D eigenvalue weighted by atomic mass is 79.9. The maximum Gasteiger partial charge on any atom is 0.282 e. The van der Waals surface area contributed by atoms with Crippen LogP contribution in [0.5, 0.6) is 0 Å². The normalized spacial score (nSPS) is 15.1. The van der Waals surface area contributed by atoms with Crippen molar-refractivity contribution >= 4 is 33.0 Å². The molecule has 0 amide bonds. The molecule has 140 valence electrons. The maximum atomic E-state index is 13.2. The van der Waals surface area contributed by atoms with Crippen LogP contribution in [0, 0.1) is 11.3 Å². The molecule has 1 saturated carbocycles. The molecule has 6 heteroatoms. The molecule has 1 fully saturated rings. The van der Waals surface area contributed by atoms with E-state index in [9.17, 15) is 4.79 Å². The van der Waals surface area contributed by atoms with Crippen LogP contribution in [0.2, 0.25) is 0 Å². The topological polar surface area (TPSA) is 71.0 Å². The van der Waals surface area contributed by atoms with Crippen molar-refractivity contribution in [1.29, 1.82) is 5.26 Å². The molecule has 0 radical (unpaired) electrons. The first kappa shape index (κ1) is 18.6. The van der Waals surface area contributed by atoms with Crippen LogP contribution in [0.4, 0.5) is 0 Å². The molecular formula is C22H19BrN4O. The Labute approximate surface area is 171 Å². The first-order chi connectivity index (χ1) is 13.7. The van der Waals surface area contributed by atoms with Crippen molar-refractivity contribution in [1.82, 2.24) is 9.66 Å². The fourth-order valence-electron chi connectivity index (χ4n) is 3.67. The second-order valence-electron chi connectivity index (χ2n) is 7.06. The van der Waals surface area contributed by atoms with E-state index in [0.29, 0.717) is 16.5 Å². The number of hydrogen-bond acceptors (Lipinski definition) is 4. The molecular weight excluding hydrogens is 416 g/mol. The Morgan fingerprint density at radius 2 is 1.89 bits per heavy atom. The number of benzene rings is 2. The Bertz CT molecular complexity index is 1140. The van der Waals surface area contributed by atoms with Crippen LogP contribution in [-0.4, -0.2) is 15.9 Å². The Hall–Kier alpha value is -2.78. The van der Waals surface area contributed by atoms with Crippen molar-refractivity contribution in [3.05, 3.63) is 74.2 Å². The van der Waals surface area contributed by atoms with E-state index in [2.05, 4.69) is 27.1 Å². The number of halogens is 1. The molecule has 0 unspecified atom stereocenters. The van der Waals surface area contributed by atoms with Crippen molar-refractivity contribution in [2.45, 2.75) is 38.0 Å². The summed E-state index contributed by atoms with van der Waals surface area (Å²) in [5.41, 5.74) is 1.97. The lowest BCUT2D eigenvalue weighted by molar-refractivity contribution is 0.416. The third-order valence-electron chi connectivity index (χ3n) is 5.17. The standard InChI is InChI=1S/C22H19BrN4O/c23-18-10-11-20-19(12-18)22(28)27(21(26-20)17-4-2-1-3-5-17)25-14-16-8-6-15(13-24)7-9-16/h6-12,14,17H,1-5H2. The van der Waals surface area contributed by atoms with Gasteiger partial charge in [-0.2, -0.15) is 15.0 Å². The lowest BCUT2D eigenvalue weighted by atomic mass is 9.88. The highest BCUT2D eigenvalue weighted by Gasteiger charge is 2.22. The number of rotatable bonds is 3. The van der Waals surface area contributed by atoms with Gasteiger partial charge in [0.05, 0.1) is 28.8 Å². The van der Waals surface area contributed by atoms with E-state index in [0.717, 1.165) is 41.5 Å². The highest BCUT2D eigenvalue weighted by Crippen LogP contribution is 2.32. The lowest BCUT2D eigenvalue weighted by Gasteiger charge is -2.22. The zero-order chi connectivity index (χ0) is 19.5. The number of aromatic nitrogens is 2. The molecule has 0 bridgehead atoms. The largest absolute Gasteiger partial charge is 0.282 e. The average Bonchev–Trinajstić information content (AvgIpc) is 2.74. The SMILES string of the molecule is N#Cc1ccc(C=Nn2c(C3CCCCC3)nc3ccc(Br)cc3c2=O)cc1. The number of fused-ring (bicyclic) bond motifs is 1. The van der Waals surface area contributed by atoms with E-state index >= 15 is 0 Å². The highest BCUT2D eigenvalue weighted by molar-refractivity contribution is 9.10. The molecule has 1 aliphatic rings. The van der Waals surface area contributed by atoms with Crippen molar-refractivity contribution < 1.29 is 0 Å². The second kappa shape index (κ2) is 8.07. The molecule has 0 aliphatic heterocycles. The van der Waals surface area contributed by atoms with Crippen LogP contribution in [0.15, 0.2) is 56.8 Å². The van der Waals surface area contributed by atoms with Gasteiger partial charge in [0.15, 0.2) is 0 Å². The molecule has 5 nitrogen and oxygen atoms in total. The van der Waals surface area contributed by atoms with Crippen molar-refractivity contribution in [2.24, 2.45) is 5.10 Å². The van der Waals surface area contributed by atoms with Crippen LogP contribution < -0.4 is 5.56 Å². The van der Waals surface area contributed by atoms with Gasteiger partial charge >= 0.3 is 0 Å². The van der Waals surface area contributed by atoms with Crippen LogP contribution in [0.3, 0.4) is 0 Å². The van der Waals surface area contributed by atoms with Gasteiger partial charge in [0.2, 0.25) is 0 Å². The summed E-state index contributed by atoms with van der Waals surface area (Å²) in [5.74, 6) is 0.983. The van der Waals surface area contributed by atoms with E-state index in [-0.39, 0.29) is 11.5 Å². The summed E-state index contributed by atoms with van der Waals surface area (Å²) in [4.78, 5) is 18.0. The Balaban J connectivity index is 1.83. The van der Waals surface area contributed by atoms with Crippen LogP contribution in [-0.2, 0) is 0 Å². The quantitative estimate of drug-likeness (QED) is 0.546. The van der Waals surface area contributed by atoms with Gasteiger partial charge < -0.3 is 0 Å². The predicted molar refractivity (Wildman–Crippen MR) is 114 cm³/mol. The predicted octanol–water partition coefficient (Wildman–Crippen LogP) is 4.96. The zero-order valence-corrected chi connectivity index (χ0v) is 16.9. The van der Waals surface area contributed by atoms with Gasteiger partial charge in [-0.3, -0.25) is 4.79 Å². The van der Waals surface area contributed by atoms with Crippen LogP contribution in [0.1, 0.15) is 55.0 Å². The summed E-state index contributed by atoms with van der Waals surface area (Å²) in [6, 6.07) is 14.8. The second-order valence-corrected chi connectivity index (χ2v) is 7.98. The van der Waals surface area contributed by atoms with Gasteiger partial charge in [-0.1, -0.05) is 47.3 Å². The summed E-state index contributed by atoms with van der Waals surface area (Å²) >= 11 is 3.43. The fourth-order valence-corrected chi connectivity index (χ4v) is 4.03. The minimum absolute atomic E-state index is 0.156. The average molecular weight is 435 g/mol. The fraction of sp³-hybridized carbons (Fsp3) is 0.273. The maximum absolute atomic E-state index is 13.2. The van der Waals surface area contributed by atoms with E-state index in [1.165, 1.54) is 11.1 Å². The third-order valence-corrected chi connectivity index (χ3v) is 5.66. The van der Waals surface area contributed by atoms with Gasteiger partial charge in [0.1, 0.15) is 5.82 Å². The molecule has 0 spiro atoms. The molecule has 1 aliphatic carbocycles. The minimum atomic E-state index is -0.156. The molecule has 2 aromatic carbocycles. The Kier molecular flexibility index (Phi) is 5.36. The van der Waals surface area contributed by atoms with Gasteiger partial charge in [0.25, 0.3) is 5.56 Å². The molecule has 3 aromatic rings. The first-order valence-corrected chi connectivity index (χ1v) is 10.2. The third kappa shape index (κ3) is 3.76. The Morgan fingerprint density at radius 1 is 1.14 bits per heavy atom. The molecule has 0 saturated heterocycles. The van der Waals surface area contributed by atoms with Crippen LogP contribution >= 0.6 is 15.9 Å². The van der Waals surface area contributed by atoms with Gasteiger partial charge in [-0.05, 0) is 48.7 Å². The number of nitriles is 1. The van der Waals surface area contributed by atoms with Crippen molar-refractivity contribution in [3.8, 4) is 6.07 Å². The first-order valence-electron chi connectivity index (χ1n) is 9.42. The summed E-state index contributed by atoms with van der Waals surface area (Å²) < 4.78 is 2.30. The van der Waals surface area contributed by atoms with Gasteiger partial charge in [-0.15, -0.1) is 0 Å². The van der Waals surface area contributed by atoms with E-state index < -0.39 is 0 Å². The monoisotopic (exact) mass is 434 g/mol. The molecule has 4 rings (SSSR count). The van der Waals surface area contributed by atoms with Crippen molar-refractivity contribution in [2.75, 3.05) is 0 Å². The van der Waals surface area contributed by atoms with Crippen LogP contribution in [0.25, 0.3) is 10.9 Å². The van der Waals surface area contributed by atoms with Gasteiger partial charge in [0, 0.05) is 10.4 Å². The minimum Gasteiger partial charge on any atom is -0.267 e. The molecule has 28 heavy (non-hydrogen) atoms. The van der Waals surface area contributed by atoms with E-state index in [4.69, 9.17) is 10.2 Å². The Morgan fingerprint density at radius 3 is 2.61 bits per heavy atom. The summed E-state index contributed by atoms with van der Waals surface area (Å²) in [6.07, 6.45) is 7.24.